The molecule has 9 heteroatoms. The highest BCUT2D eigenvalue weighted by atomic mass is 32.2. The summed E-state index contributed by atoms with van der Waals surface area (Å²) in [5, 5.41) is 2.68. The Balaban J connectivity index is 1.61. The first kappa shape index (κ1) is 24.8. The van der Waals surface area contributed by atoms with E-state index in [9.17, 15) is 18.0 Å². The zero-order chi connectivity index (χ0) is 24.6. The molecular weight excluding hydrogens is 456 g/mol. The van der Waals surface area contributed by atoms with Crippen molar-refractivity contribution < 1.29 is 27.5 Å². The van der Waals surface area contributed by atoms with Crippen LogP contribution in [0.15, 0.2) is 77.7 Å². The molecule has 3 aromatic carbocycles. The van der Waals surface area contributed by atoms with E-state index >= 15 is 0 Å². The van der Waals surface area contributed by atoms with Crippen LogP contribution in [0.25, 0.3) is 0 Å². The standard InChI is InChI=1S/C25H26N2O6S/c1-3-32-20-12-14-21(15-13-20)34(30,31)27-23-7-5-4-6-22(23)25(29)33-17-24(28)26-16-19-10-8-18(2)9-11-19/h4-15,27H,3,16-17H2,1-2H3,(H,26,28). The number of benzene rings is 3. The second kappa shape index (κ2) is 11.3. The predicted octanol–water partition coefficient (Wildman–Crippen LogP) is 3.67. The van der Waals surface area contributed by atoms with E-state index in [0.717, 1.165) is 11.1 Å². The van der Waals surface area contributed by atoms with Crippen molar-refractivity contribution in [2.45, 2.75) is 25.3 Å². The van der Waals surface area contributed by atoms with Gasteiger partial charge in [-0.05, 0) is 55.8 Å². The van der Waals surface area contributed by atoms with E-state index in [-0.39, 0.29) is 16.1 Å². The van der Waals surface area contributed by atoms with Crippen LogP contribution in [0.1, 0.15) is 28.4 Å². The van der Waals surface area contributed by atoms with Gasteiger partial charge in [0.15, 0.2) is 6.61 Å². The minimum Gasteiger partial charge on any atom is -0.494 e. The van der Waals surface area contributed by atoms with Gasteiger partial charge in [-0.1, -0.05) is 42.0 Å². The van der Waals surface area contributed by atoms with Gasteiger partial charge < -0.3 is 14.8 Å². The van der Waals surface area contributed by atoms with Crippen molar-refractivity contribution in [1.29, 1.82) is 0 Å². The number of carbonyl (C=O) groups is 2. The van der Waals surface area contributed by atoms with Crippen LogP contribution in [0, 0.1) is 6.92 Å². The maximum atomic E-state index is 12.8. The average molecular weight is 483 g/mol. The van der Waals surface area contributed by atoms with Crippen LogP contribution in [0.3, 0.4) is 0 Å². The highest BCUT2D eigenvalue weighted by Gasteiger charge is 2.20. The SMILES string of the molecule is CCOc1ccc(S(=O)(=O)Nc2ccccc2C(=O)OCC(=O)NCc2ccc(C)cc2)cc1. The predicted molar refractivity (Wildman–Crippen MR) is 128 cm³/mol. The summed E-state index contributed by atoms with van der Waals surface area (Å²) in [4.78, 5) is 24.7. The number of hydrogen-bond donors (Lipinski definition) is 2. The van der Waals surface area contributed by atoms with Crippen LogP contribution in [0.5, 0.6) is 5.75 Å². The summed E-state index contributed by atoms with van der Waals surface area (Å²) in [5.74, 6) is -0.747. The van der Waals surface area contributed by atoms with E-state index in [4.69, 9.17) is 9.47 Å². The fourth-order valence-electron chi connectivity index (χ4n) is 3.00. The van der Waals surface area contributed by atoms with E-state index in [1.165, 1.54) is 24.3 Å². The number of carbonyl (C=O) groups excluding carboxylic acids is 2. The molecule has 8 nitrogen and oxygen atoms in total. The molecule has 0 aliphatic carbocycles. The normalized spacial score (nSPS) is 10.9. The zero-order valence-electron chi connectivity index (χ0n) is 18.9. The van der Waals surface area contributed by atoms with Crippen molar-refractivity contribution >= 4 is 27.6 Å². The highest BCUT2D eigenvalue weighted by molar-refractivity contribution is 7.92. The molecule has 178 valence electrons. The summed E-state index contributed by atoms with van der Waals surface area (Å²) in [5.41, 5.74) is 2.06. The van der Waals surface area contributed by atoms with Crippen LogP contribution in [0.4, 0.5) is 5.69 Å². The summed E-state index contributed by atoms with van der Waals surface area (Å²) in [6, 6.07) is 19.6. The monoisotopic (exact) mass is 482 g/mol. The van der Waals surface area contributed by atoms with E-state index in [1.54, 1.807) is 24.3 Å². The van der Waals surface area contributed by atoms with E-state index in [0.29, 0.717) is 18.9 Å². The Kier molecular flexibility index (Phi) is 8.26. The van der Waals surface area contributed by atoms with Crippen molar-refractivity contribution in [3.8, 4) is 5.75 Å². The lowest BCUT2D eigenvalue weighted by molar-refractivity contribution is -0.124. The minimum atomic E-state index is -3.97. The topological polar surface area (TPSA) is 111 Å². The largest absolute Gasteiger partial charge is 0.494 e. The van der Waals surface area contributed by atoms with Crippen LogP contribution < -0.4 is 14.8 Å². The molecule has 0 unspecified atom stereocenters. The highest BCUT2D eigenvalue weighted by Crippen LogP contribution is 2.22. The second-order valence-electron chi connectivity index (χ2n) is 7.39. The summed E-state index contributed by atoms with van der Waals surface area (Å²) < 4.78 is 38.4. The summed E-state index contributed by atoms with van der Waals surface area (Å²) >= 11 is 0. The first-order valence-corrected chi connectivity index (χ1v) is 12.1. The van der Waals surface area contributed by atoms with Crippen molar-refractivity contribution in [3.05, 3.63) is 89.5 Å². The lowest BCUT2D eigenvalue weighted by Gasteiger charge is -2.13. The number of para-hydroxylation sites is 1. The van der Waals surface area contributed by atoms with Crippen molar-refractivity contribution in [2.75, 3.05) is 17.9 Å². The number of aryl methyl sites for hydroxylation is 1. The van der Waals surface area contributed by atoms with Crippen LogP contribution in [-0.2, 0) is 26.1 Å². The van der Waals surface area contributed by atoms with Gasteiger partial charge >= 0.3 is 5.97 Å². The number of sulfonamides is 1. The van der Waals surface area contributed by atoms with Crippen LogP contribution in [-0.4, -0.2) is 33.5 Å². The number of amides is 1. The number of ether oxygens (including phenoxy) is 2. The first-order valence-electron chi connectivity index (χ1n) is 10.6. The van der Waals surface area contributed by atoms with Gasteiger partial charge in [-0.2, -0.15) is 0 Å². The van der Waals surface area contributed by atoms with Crippen molar-refractivity contribution in [2.24, 2.45) is 0 Å². The molecule has 34 heavy (non-hydrogen) atoms. The molecule has 0 atom stereocenters. The molecule has 0 radical (unpaired) electrons. The van der Waals surface area contributed by atoms with Crippen LogP contribution >= 0.6 is 0 Å². The molecule has 0 aromatic heterocycles. The number of esters is 1. The van der Waals surface area contributed by atoms with E-state index in [2.05, 4.69) is 10.0 Å². The Morgan fingerprint density at radius 3 is 2.26 bits per heavy atom. The van der Waals surface area contributed by atoms with Gasteiger partial charge in [-0.15, -0.1) is 0 Å². The van der Waals surface area contributed by atoms with Crippen LogP contribution in [0.2, 0.25) is 0 Å². The number of nitrogens with one attached hydrogen (secondary N) is 2. The van der Waals surface area contributed by atoms with Gasteiger partial charge in [-0.3, -0.25) is 9.52 Å². The maximum absolute atomic E-state index is 12.8. The average Bonchev–Trinajstić information content (AvgIpc) is 2.83. The summed E-state index contributed by atoms with van der Waals surface area (Å²) in [6.07, 6.45) is 0. The molecule has 0 heterocycles. The Morgan fingerprint density at radius 1 is 0.912 bits per heavy atom. The first-order chi connectivity index (χ1) is 16.3. The number of rotatable bonds is 10. The molecule has 0 aliphatic rings. The molecule has 0 saturated carbocycles. The lowest BCUT2D eigenvalue weighted by Crippen LogP contribution is -2.28. The molecular formula is C25H26N2O6S. The van der Waals surface area contributed by atoms with Gasteiger partial charge in [0.1, 0.15) is 5.75 Å². The molecule has 0 spiro atoms. The molecule has 0 bridgehead atoms. The van der Waals surface area contributed by atoms with E-state index < -0.39 is 28.5 Å². The molecule has 0 fully saturated rings. The molecule has 3 aromatic rings. The summed E-state index contributed by atoms with van der Waals surface area (Å²) in [6.45, 7) is 4.07. The van der Waals surface area contributed by atoms with Crippen molar-refractivity contribution in [3.63, 3.8) is 0 Å². The van der Waals surface area contributed by atoms with Gasteiger partial charge in [0.25, 0.3) is 15.9 Å². The van der Waals surface area contributed by atoms with Gasteiger partial charge in [0, 0.05) is 6.54 Å². The maximum Gasteiger partial charge on any atom is 0.340 e. The molecule has 0 aliphatic heterocycles. The van der Waals surface area contributed by atoms with Crippen molar-refractivity contribution in [1.82, 2.24) is 5.32 Å². The Bertz CT molecular complexity index is 1240. The Hall–Kier alpha value is -3.85. The zero-order valence-corrected chi connectivity index (χ0v) is 19.7. The van der Waals surface area contributed by atoms with E-state index in [1.807, 2.05) is 38.1 Å². The van der Waals surface area contributed by atoms with Gasteiger partial charge in [0.2, 0.25) is 0 Å². The Labute approximate surface area is 199 Å². The summed E-state index contributed by atoms with van der Waals surface area (Å²) in [7, 11) is -3.97. The quantitative estimate of drug-likeness (QED) is 0.427. The second-order valence-corrected chi connectivity index (χ2v) is 9.08. The lowest BCUT2D eigenvalue weighted by atomic mass is 10.1. The van der Waals surface area contributed by atoms with Gasteiger partial charge in [-0.25, -0.2) is 13.2 Å². The fourth-order valence-corrected chi connectivity index (χ4v) is 4.08. The third kappa shape index (κ3) is 6.82. The molecule has 3 rings (SSSR count). The third-order valence-corrected chi connectivity index (χ3v) is 6.16. The Morgan fingerprint density at radius 2 is 1.59 bits per heavy atom. The smallest absolute Gasteiger partial charge is 0.340 e. The third-order valence-electron chi connectivity index (χ3n) is 4.78. The minimum absolute atomic E-state index is 0.00890. The molecule has 1 amide bonds. The number of anilines is 1. The number of hydrogen-bond acceptors (Lipinski definition) is 6. The fraction of sp³-hybridized carbons (Fsp3) is 0.200. The molecule has 0 saturated heterocycles. The molecule has 2 N–H and O–H groups in total. The van der Waals surface area contributed by atoms with Gasteiger partial charge in [0.05, 0.1) is 22.8 Å².